The number of aliphatic hydroxyl groups is 1. The number of hydrogen-bond donors (Lipinski definition) is 2. The minimum Gasteiger partial charge on any atom is -0.395 e. The van der Waals surface area contributed by atoms with Crippen LogP contribution in [0, 0.1) is 5.82 Å². The van der Waals surface area contributed by atoms with Gasteiger partial charge in [-0.05, 0) is 18.6 Å². The van der Waals surface area contributed by atoms with Crippen LogP contribution in [0.5, 0.6) is 0 Å². The molecular formula is C10H13FN2O3S. The molecule has 0 amide bonds. The van der Waals surface area contributed by atoms with Gasteiger partial charge in [0, 0.05) is 13.1 Å². The molecule has 7 heteroatoms. The van der Waals surface area contributed by atoms with Crippen molar-refractivity contribution in [3.05, 3.63) is 24.0 Å². The number of nitrogen functional groups attached to an aromatic ring is 1. The summed E-state index contributed by atoms with van der Waals surface area (Å²) in [6.45, 7) is 0.248. The highest BCUT2D eigenvalue weighted by atomic mass is 32.2. The molecule has 1 aromatic rings. The van der Waals surface area contributed by atoms with Crippen LogP contribution in [0.15, 0.2) is 23.1 Å². The van der Waals surface area contributed by atoms with E-state index in [1.54, 1.807) is 0 Å². The number of anilines is 1. The summed E-state index contributed by atoms with van der Waals surface area (Å²) in [4.78, 5) is -0.244. The third-order valence-corrected chi connectivity index (χ3v) is 4.68. The Morgan fingerprint density at radius 3 is 2.76 bits per heavy atom. The van der Waals surface area contributed by atoms with E-state index >= 15 is 0 Å². The minimum absolute atomic E-state index is 0.0261. The van der Waals surface area contributed by atoms with E-state index in [-0.39, 0.29) is 23.7 Å². The summed E-state index contributed by atoms with van der Waals surface area (Å²) in [5.41, 5.74) is 5.05. The van der Waals surface area contributed by atoms with Gasteiger partial charge in [0.2, 0.25) is 10.0 Å². The number of aliphatic hydroxyl groups excluding tert-OH is 1. The molecule has 1 aliphatic heterocycles. The monoisotopic (exact) mass is 260 g/mol. The molecular weight excluding hydrogens is 247 g/mol. The Hall–Kier alpha value is -1.18. The molecule has 5 nitrogen and oxygen atoms in total. The largest absolute Gasteiger partial charge is 0.395 e. The Morgan fingerprint density at radius 1 is 1.47 bits per heavy atom. The molecule has 1 heterocycles. The predicted octanol–water partition coefficient (Wildman–Crippen LogP) is 0.163. The van der Waals surface area contributed by atoms with Gasteiger partial charge in [0.05, 0.1) is 11.8 Å². The average Bonchev–Trinajstić information content (AvgIpc) is 2.69. The fraction of sp³-hybridized carbons (Fsp3) is 0.400. The topological polar surface area (TPSA) is 83.6 Å². The maximum atomic E-state index is 13.2. The molecule has 1 aromatic carbocycles. The lowest BCUT2D eigenvalue weighted by atomic mass is 10.3. The van der Waals surface area contributed by atoms with Crippen molar-refractivity contribution < 1.29 is 17.9 Å². The first-order chi connectivity index (χ1) is 7.93. The molecule has 0 aliphatic carbocycles. The van der Waals surface area contributed by atoms with E-state index in [0.29, 0.717) is 6.42 Å². The van der Waals surface area contributed by atoms with Crippen molar-refractivity contribution in [3.63, 3.8) is 0 Å². The summed E-state index contributed by atoms with van der Waals surface area (Å²) >= 11 is 0. The van der Waals surface area contributed by atoms with Crippen molar-refractivity contribution in [1.29, 1.82) is 0 Å². The van der Waals surface area contributed by atoms with Crippen molar-refractivity contribution in [2.45, 2.75) is 17.4 Å². The Kier molecular flexibility index (Phi) is 3.07. The zero-order valence-electron chi connectivity index (χ0n) is 9.01. The normalized spacial score (nSPS) is 21.9. The molecule has 17 heavy (non-hydrogen) atoms. The van der Waals surface area contributed by atoms with Gasteiger partial charge >= 0.3 is 0 Å². The fourth-order valence-electron chi connectivity index (χ4n) is 1.81. The Labute approximate surface area is 98.7 Å². The number of benzene rings is 1. The summed E-state index contributed by atoms with van der Waals surface area (Å²) < 4.78 is 38.6. The summed E-state index contributed by atoms with van der Waals surface area (Å²) in [6.07, 6.45) is -0.284. The van der Waals surface area contributed by atoms with Crippen LogP contribution in [-0.4, -0.2) is 37.0 Å². The number of β-amino-alcohol motifs (C(OH)–C–C–N with tert-alkyl or cyclic N) is 1. The molecule has 0 aromatic heterocycles. The average molecular weight is 260 g/mol. The SMILES string of the molecule is Nc1c(F)cccc1S(=O)(=O)N1CCC(O)C1. The molecule has 1 aliphatic rings. The molecule has 0 bridgehead atoms. The van der Waals surface area contributed by atoms with Gasteiger partial charge in [-0.1, -0.05) is 6.07 Å². The Morgan fingerprint density at radius 2 is 2.18 bits per heavy atom. The molecule has 1 fully saturated rings. The molecule has 1 unspecified atom stereocenters. The first-order valence-corrected chi connectivity index (χ1v) is 6.59. The third-order valence-electron chi connectivity index (χ3n) is 2.76. The number of hydrogen-bond acceptors (Lipinski definition) is 4. The number of para-hydroxylation sites is 1. The minimum atomic E-state index is -3.82. The van der Waals surface area contributed by atoms with Crippen LogP contribution in [0.2, 0.25) is 0 Å². The van der Waals surface area contributed by atoms with Gasteiger partial charge in [-0.15, -0.1) is 0 Å². The van der Waals surface area contributed by atoms with Crippen molar-refractivity contribution in [2.24, 2.45) is 0 Å². The third kappa shape index (κ3) is 2.13. The lowest BCUT2D eigenvalue weighted by Gasteiger charge is -2.17. The highest BCUT2D eigenvalue weighted by molar-refractivity contribution is 7.89. The van der Waals surface area contributed by atoms with Gasteiger partial charge in [-0.3, -0.25) is 0 Å². The quantitative estimate of drug-likeness (QED) is 0.742. The lowest BCUT2D eigenvalue weighted by Crippen LogP contribution is -2.30. The molecule has 0 spiro atoms. The summed E-state index contributed by atoms with van der Waals surface area (Å²) in [5.74, 6) is -0.758. The Bertz CT molecular complexity index is 532. The standard InChI is InChI=1S/C10H13FN2O3S/c11-8-2-1-3-9(10(8)12)17(15,16)13-5-4-7(14)6-13/h1-3,7,14H,4-6,12H2. The summed E-state index contributed by atoms with van der Waals surface area (Å²) in [5, 5.41) is 9.32. The molecule has 0 radical (unpaired) electrons. The van der Waals surface area contributed by atoms with Crippen molar-refractivity contribution in [2.75, 3.05) is 18.8 Å². The van der Waals surface area contributed by atoms with Crippen LogP contribution in [0.4, 0.5) is 10.1 Å². The molecule has 2 rings (SSSR count). The number of nitrogens with two attached hydrogens (primary N) is 1. The van der Waals surface area contributed by atoms with Crippen LogP contribution in [0.1, 0.15) is 6.42 Å². The molecule has 0 saturated carbocycles. The van der Waals surface area contributed by atoms with Gasteiger partial charge < -0.3 is 10.8 Å². The van der Waals surface area contributed by atoms with E-state index in [1.165, 1.54) is 12.1 Å². The first-order valence-electron chi connectivity index (χ1n) is 5.15. The maximum absolute atomic E-state index is 13.2. The predicted molar refractivity (Wildman–Crippen MR) is 60.2 cm³/mol. The Balaban J connectivity index is 2.42. The highest BCUT2D eigenvalue weighted by Crippen LogP contribution is 2.26. The van der Waals surface area contributed by atoms with Gasteiger partial charge in [-0.2, -0.15) is 4.31 Å². The van der Waals surface area contributed by atoms with E-state index in [4.69, 9.17) is 5.73 Å². The van der Waals surface area contributed by atoms with E-state index in [9.17, 15) is 17.9 Å². The van der Waals surface area contributed by atoms with Crippen molar-refractivity contribution in [1.82, 2.24) is 4.31 Å². The van der Waals surface area contributed by atoms with E-state index in [0.717, 1.165) is 10.4 Å². The van der Waals surface area contributed by atoms with Gasteiger partial charge in [0.25, 0.3) is 0 Å². The number of halogens is 1. The summed E-state index contributed by atoms with van der Waals surface area (Å²) in [6, 6.07) is 3.66. The van der Waals surface area contributed by atoms with Crippen LogP contribution in [0.3, 0.4) is 0 Å². The fourth-order valence-corrected chi connectivity index (χ4v) is 3.43. The van der Waals surface area contributed by atoms with Crippen LogP contribution >= 0.6 is 0 Å². The van der Waals surface area contributed by atoms with Crippen molar-refractivity contribution in [3.8, 4) is 0 Å². The van der Waals surface area contributed by atoms with Crippen LogP contribution < -0.4 is 5.73 Å². The molecule has 94 valence electrons. The maximum Gasteiger partial charge on any atom is 0.245 e. The van der Waals surface area contributed by atoms with E-state index in [1.807, 2.05) is 0 Å². The molecule has 1 atom stereocenters. The smallest absolute Gasteiger partial charge is 0.245 e. The van der Waals surface area contributed by atoms with E-state index < -0.39 is 21.9 Å². The lowest BCUT2D eigenvalue weighted by molar-refractivity contribution is 0.189. The second-order valence-electron chi connectivity index (χ2n) is 3.96. The van der Waals surface area contributed by atoms with Crippen LogP contribution in [-0.2, 0) is 10.0 Å². The second kappa shape index (κ2) is 4.25. The zero-order chi connectivity index (χ0) is 12.6. The number of nitrogens with zero attached hydrogens (tertiary/aromatic N) is 1. The van der Waals surface area contributed by atoms with Gasteiger partial charge in [-0.25, -0.2) is 12.8 Å². The van der Waals surface area contributed by atoms with E-state index in [2.05, 4.69) is 0 Å². The van der Waals surface area contributed by atoms with Crippen molar-refractivity contribution >= 4 is 15.7 Å². The molecule has 1 saturated heterocycles. The highest BCUT2D eigenvalue weighted by Gasteiger charge is 2.33. The zero-order valence-corrected chi connectivity index (χ0v) is 9.82. The molecule has 3 N–H and O–H groups in total. The number of sulfonamides is 1. The van der Waals surface area contributed by atoms with Gasteiger partial charge in [0.1, 0.15) is 10.7 Å². The second-order valence-corrected chi connectivity index (χ2v) is 5.86. The number of rotatable bonds is 2. The summed E-state index contributed by atoms with van der Waals surface area (Å²) in [7, 11) is -3.82. The van der Waals surface area contributed by atoms with Gasteiger partial charge in [0.15, 0.2) is 0 Å². The van der Waals surface area contributed by atoms with Crippen LogP contribution in [0.25, 0.3) is 0 Å². The first kappa shape index (κ1) is 12.3.